The lowest BCUT2D eigenvalue weighted by Crippen LogP contribution is -2.52. The molecule has 1 saturated carbocycles. The van der Waals surface area contributed by atoms with Crippen molar-refractivity contribution in [2.45, 2.75) is 36.8 Å². The standard InChI is InChI=1S/C13H15BrFNO4/c1-2-6-19-12-8(14)7-11(12)20-13-9(15)4-3-5-10(13)16(17)18/h3-5,8,11-12H,2,6-7H2,1H3. The molecule has 0 aromatic heterocycles. The van der Waals surface area contributed by atoms with Crippen LogP contribution in [0.2, 0.25) is 0 Å². The van der Waals surface area contributed by atoms with Crippen LogP contribution in [0.3, 0.4) is 0 Å². The highest BCUT2D eigenvalue weighted by molar-refractivity contribution is 9.09. The fraction of sp³-hybridized carbons (Fsp3) is 0.538. The van der Waals surface area contributed by atoms with E-state index in [1.165, 1.54) is 12.1 Å². The second kappa shape index (κ2) is 6.49. The van der Waals surface area contributed by atoms with E-state index in [-0.39, 0.29) is 28.5 Å². The first-order valence-corrected chi connectivity index (χ1v) is 7.31. The van der Waals surface area contributed by atoms with Gasteiger partial charge in [-0.2, -0.15) is 0 Å². The maximum atomic E-state index is 13.7. The van der Waals surface area contributed by atoms with Gasteiger partial charge < -0.3 is 9.47 Å². The van der Waals surface area contributed by atoms with Crippen LogP contribution in [0.1, 0.15) is 19.8 Å². The number of benzene rings is 1. The Labute approximate surface area is 124 Å². The van der Waals surface area contributed by atoms with Gasteiger partial charge in [0.05, 0.1) is 4.92 Å². The van der Waals surface area contributed by atoms with E-state index in [4.69, 9.17) is 9.47 Å². The number of rotatable bonds is 6. The average molecular weight is 348 g/mol. The molecule has 3 unspecified atom stereocenters. The minimum Gasteiger partial charge on any atom is -0.479 e. The molecule has 0 aliphatic heterocycles. The Morgan fingerprint density at radius 2 is 2.30 bits per heavy atom. The summed E-state index contributed by atoms with van der Waals surface area (Å²) in [6.07, 6.45) is 0.901. The fourth-order valence-corrected chi connectivity index (χ4v) is 2.88. The minimum absolute atomic E-state index is 0.130. The van der Waals surface area contributed by atoms with Gasteiger partial charge in [0.25, 0.3) is 0 Å². The molecular weight excluding hydrogens is 333 g/mol. The van der Waals surface area contributed by atoms with Crippen LogP contribution in [0, 0.1) is 15.9 Å². The zero-order chi connectivity index (χ0) is 14.7. The SMILES string of the molecule is CCCOC1C(Br)CC1Oc1c(F)cccc1[N+](=O)[O-]. The van der Waals surface area contributed by atoms with Gasteiger partial charge in [-0.1, -0.05) is 28.9 Å². The number of nitrogens with zero attached hydrogens (tertiary/aromatic N) is 1. The Bertz CT molecular complexity index is 499. The summed E-state index contributed by atoms with van der Waals surface area (Å²) in [7, 11) is 0. The van der Waals surface area contributed by atoms with Crippen LogP contribution in [0.25, 0.3) is 0 Å². The molecule has 0 radical (unpaired) electrons. The Morgan fingerprint density at radius 3 is 2.90 bits per heavy atom. The largest absolute Gasteiger partial charge is 0.479 e. The highest BCUT2D eigenvalue weighted by atomic mass is 79.9. The third kappa shape index (κ3) is 3.09. The van der Waals surface area contributed by atoms with Crippen LogP contribution in [0.4, 0.5) is 10.1 Å². The van der Waals surface area contributed by atoms with E-state index < -0.39 is 10.7 Å². The van der Waals surface area contributed by atoms with E-state index in [2.05, 4.69) is 15.9 Å². The molecule has 0 saturated heterocycles. The molecule has 7 heteroatoms. The summed E-state index contributed by atoms with van der Waals surface area (Å²) in [6.45, 7) is 2.56. The van der Waals surface area contributed by atoms with E-state index in [0.29, 0.717) is 13.0 Å². The fourth-order valence-electron chi connectivity index (χ4n) is 2.02. The average Bonchev–Trinajstić information content (AvgIpc) is 2.40. The zero-order valence-corrected chi connectivity index (χ0v) is 12.5. The number of hydrogen-bond acceptors (Lipinski definition) is 4. The quantitative estimate of drug-likeness (QED) is 0.449. The summed E-state index contributed by atoms with van der Waals surface area (Å²) in [5.74, 6) is -1.04. The second-order valence-corrected chi connectivity index (χ2v) is 5.76. The number of alkyl halides is 1. The van der Waals surface area contributed by atoms with Gasteiger partial charge in [0.1, 0.15) is 12.2 Å². The number of hydrogen-bond donors (Lipinski definition) is 0. The molecule has 0 heterocycles. The molecule has 0 bridgehead atoms. The van der Waals surface area contributed by atoms with Crippen molar-refractivity contribution in [2.75, 3.05) is 6.61 Å². The van der Waals surface area contributed by atoms with E-state index in [9.17, 15) is 14.5 Å². The molecule has 5 nitrogen and oxygen atoms in total. The van der Waals surface area contributed by atoms with Gasteiger partial charge >= 0.3 is 5.69 Å². The van der Waals surface area contributed by atoms with Crippen molar-refractivity contribution < 1.29 is 18.8 Å². The maximum absolute atomic E-state index is 13.7. The Kier molecular flexibility index (Phi) is 4.93. The maximum Gasteiger partial charge on any atom is 0.314 e. The van der Waals surface area contributed by atoms with Crippen LogP contribution in [0.15, 0.2) is 18.2 Å². The van der Waals surface area contributed by atoms with Gasteiger partial charge in [-0.3, -0.25) is 10.1 Å². The predicted octanol–water partition coefficient (Wildman–Crippen LogP) is 3.44. The molecule has 1 aliphatic rings. The molecule has 0 amide bonds. The van der Waals surface area contributed by atoms with Gasteiger partial charge in [-0.05, 0) is 12.5 Å². The van der Waals surface area contributed by atoms with Crippen molar-refractivity contribution in [3.05, 3.63) is 34.1 Å². The minimum atomic E-state index is -0.730. The third-order valence-electron chi connectivity index (χ3n) is 3.11. The second-order valence-electron chi connectivity index (χ2n) is 4.59. The van der Waals surface area contributed by atoms with Gasteiger partial charge in [0.2, 0.25) is 5.75 Å². The number of halogens is 2. The number of para-hydroxylation sites is 1. The molecule has 3 atom stereocenters. The van der Waals surface area contributed by atoms with Gasteiger partial charge in [-0.15, -0.1) is 0 Å². The number of nitro benzene ring substituents is 1. The molecule has 1 aliphatic carbocycles. The summed E-state index contributed by atoms with van der Waals surface area (Å²) in [5, 5.41) is 10.9. The van der Waals surface area contributed by atoms with E-state index >= 15 is 0 Å². The zero-order valence-electron chi connectivity index (χ0n) is 10.9. The van der Waals surface area contributed by atoms with Crippen LogP contribution in [-0.4, -0.2) is 28.6 Å². The molecule has 2 rings (SSSR count). The first-order chi connectivity index (χ1) is 9.54. The van der Waals surface area contributed by atoms with Crippen LogP contribution in [0.5, 0.6) is 5.75 Å². The highest BCUT2D eigenvalue weighted by Gasteiger charge is 2.43. The summed E-state index contributed by atoms with van der Waals surface area (Å²) in [4.78, 5) is 10.4. The van der Waals surface area contributed by atoms with Crippen molar-refractivity contribution in [2.24, 2.45) is 0 Å². The van der Waals surface area contributed by atoms with Crippen molar-refractivity contribution in [3.8, 4) is 5.75 Å². The number of ether oxygens (including phenoxy) is 2. The topological polar surface area (TPSA) is 61.6 Å². The molecule has 110 valence electrons. The highest BCUT2D eigenvalue weighted by Crippen LogP contribution is 2.38. The lowest BCUT2D eigenvalue weighted by Gasteiger charge is -2.40. The smallest absolute Gasteiger partial charge is 0.314 e. The Balaban J connectivity index is 2.12. The number of nitro groups is 1. The van der Waals surface area contributed by atoms with Crippen molar-refractivity contribution >= 4 is 21.6 Å². The van der Waals surface area contributed by atoms with Crippen molar-refractivity contribution in [1.82, 2.24) is 0 Å². The molecule has 1 aromatic carbocycles. The lowest BCUT2D eigenvalue weighted by molar-refractivity contribution is -0.386. The predicted molar refractivity (Wildman–Crippen MR) is 74.8 cm³/mol. The van der Waals surface area contributed by atoms with Crippen LogP contribution >= 0.6 is 15.9 Å². The normalized spacial score (nSPS) is 25.1. The summed E-state index contributed by atoms with van der Waals surface area (Å²) < 4.78 is 24.8. The van der Waals surface area contributed by atoms with E-state index in [1.807, 2.05) is 6.92 Å². The molecule has 1 fully saturated rings. The molecule has 0 N–H and O–H groups in total. The molecule has 20 heavy (non-hydrogen) atoms. The van der Waals surface area contributed by atoms with E-state index in [1.54, 1.807) is 0 Å². The first kappa shape index (κ1) is 15.2. The molecular formula is C13H15BrFNO4. The summed E-state index contributed by atoms with van der Waals surface area (Å²) in [6, 6.07) is 3.67. The van der Waals surface area contributed by atoms with E-state index in [0.717, 1.165) is 12.5 Å². The molecule has 0 spiro atoms. The third-order valence-corrected chi connectivity index (χ3v) is 4.00. The van der Waals surface area contributed by atoms with Gasteiger partial charge in [-0.25, -0.2) is 4.39 Å². The van der Waals surface area contributed by atoms with Crippen LogP contribution in [-0.2, 0) is 4.74 Å². The Hall–Kier alpha value is -1.21. The van der Waals surface area contributed by atoms with Crippen molar-refractivity contribution in [1.29, 1.82) is 0 Å². The summed E-state index contributed by atoms with van der Waals surface area (Å²) in [5.41, 5.74) is -0.364. The monoisotopic (exact) mass is 347 g/mol. The summed E-state index contributed by atoms with van der Waals surface area (Å²) >= 11 is 3.44. The van der Waals surface area contributed by atoms with Crippen LogP contribution < -0.4 is 4.74 Å². The van der Waals surface area contributed by atoms with Gasteiger partial charge in [0, 0.05) is 23.9 Å². The van der Waals surface area contributed by atoms with Gasteiger partial charge in [0.15, 0.2) is 5.82 Å². The molecule has 1 aromatic rings. The van der Waals surface area contributed by atoms with Crippen molar-refractivity contribution in [3.63, 3.8) is 0 Å². The Morgan fingerprint density at radius 1 is 1.55 bits per heavy atom. The lowest BCUT2D eigenvalue weighted by atomic mass is 9.91. The first-order valence-electron chi connectivity index (χ1n) is 6.39.